The number of hydrazine groups is 1. The van der Waals surface area contributed by atoms with Gasteiger partial charge in [-0.15, -0.1) is 0 Å². The summed E-state index contributed by atoms with van der Waals surface area (Å²) in [4.78, 5) is 28.6. The monoisotopic (exact) mass is 405 g/mol. The number of amides is 2. The van der Waals surface area contributed by atoms with E-state index in [9.17, 15) is 9.59 Å². The standard InChI is InChI=1S/C19H27N5O3S/c1-14-2-4-16(5-3-14)24-13-15(12-17(24)25)18(26)21-22-19(28)20-6-7-23-8-10-27-11-9-23/h2-5,15H,6-13H2,1H3,(H,21,26)(H2,20,22,28)/t15-/m1/s1. The summed E-state index contributed by atoms with van der Waals surface area (Å²) < 4.78 is 5.31. The molecule has 9 heteroatoms. The van der Waals surface area contributed by atoms with Crippen molar-refractivity contribution in [2.75, 3.05) is 50.8 Å². The van der Waals surface area contributed by atoms with Crippen LogP contribution in [0.2, 0.25) is 0 Å². The quantitative estimate of drug-likeness (QED) is 0.476. The molecule has 0 unspecified atom stereocenters. The number of hydrogen-bond donors (Lipinski definition) is 3. The summed E-state index contributed by atoms with van der Waals surface area (Å²) in [5, 5.41) is 3.43. The maximum Gasteiger partial charge on any atom is 0.243 e. The maximum absolute atomic E-state index is 12.4. The first kappa shape index (κ1) is 20.5. The van der Waals surface area contributed by atoms with Crippen molar-refractivity contribution in [2.45, 2.75) is 13.3 Å². The van der Waals surface area contributed by atoms with Gasteiger partial charge in [0.25, 0.3) is 0 Å². The van der Waals surface area contributed by atoms with Crippen molar-refractivity contribution >= 4 is 34.8 Å². The van der Waals surface area contributed by atoms with Crippen molar-refractivity contribution in [1.82, 2.24) is 21.1 Å². The molecule has 1 aromatic carbocycles. The highest BCUT2D eigenvalue weighted by Crippen LogP contribution is 2.25. The van der Waals surface area contributed by atoms with Gasteiger partial charge < -0.3 is 15.0 Å². The van der Waals surface area contributed by atoms with Crippen LogP contribution in [0.4, 0.5) is 5.69 Å². The van der Waals surface area contributed by atoms with E-state index in [-0.39, 0.29) is 18.2 Å². The van der Waals surface area contributed by atoms with Crippen LogP contribution >= 0.6 is 12.2 Å². The number of thiocarbonyl (C=S) groups is 1. The number of morpholine rings is 1. The number of anilines is 1. The summed E-state index contributed by atoms with van der Waals surface area (Å²) in [5.74, 6) is -0.687. The zero-order chi connectivity index (χ0) is 19.9. The first-order valence-electron chi connectivity index (χ1n) is 9.54. The van der Waals surface area contributed by atoms with Crippen LogP contribution in [-0.4, -0.2) is 67.8 Å². The molecule has 0 saturated carbocycles. The molecule has 152 valence electrons. The summed E-state index contributed by atoms with van der Waals surface area (Å²) in [6.45, 7) is 7.28. The number of carbonyl (C=O) groups is 2. The molecule has 2 aliphatic heterocycles. The fraction of sp³-hybridized carbons (Fsp3) is 0.526. The van der Waals surface area contributed by atoms with Gasteiger partial charge in [-0.25, -0.2) is 0 Å². The molecular weight excluding hydrogens is 378 g/mol. The second-order valence-electron chi connectivity index (χ2n) is 7.07. The Labute approximate surface area is 170 Å². The highest BCUT2D eigenvalue weighted by molar-refractivity contribution is 7.80. The molecule has 28 heavy (non-hydrogen) atoms. The third kappa shape index (κ3) is 5.63. The molecule has 2 aliphatic rings. The fourth-order valence-electron chi connectivity index (χ4n) is 3.27. The van der Waals surface area contributed by atoms with Crippen molar-refractivity contribution in [2.24, 2.45) is 5.92 Å². The normalized spacial score (nSPS) is 20.1. The van der Waals surface area contributed by atoms with E-state index < -0.39 is 5.92 Å². The molecule has 0 bridgehead atoms. The first-order chi connectivity index (χ1) is 13.5. The van der Waals surface area contributed by atoms with Crippen molar-refractivity contribution in [3.63, 3.8) is 0 Å². The van der Waals surface area contributed by atoms with E-state index in [0.717, 1.165) is 44.1 Å². The van der Waals surface area contributed by atoms with Gasteiger partial charge in [0, 0.05) is 44.8 Å². The van der Waals surface area contributed by atoms with E-state index in [0.29, 0.717) is 18.2 Å². The fourth-order valence-corrected chi connectivity index (χ4v) is 3.43. The van der Waals surface area contributed by atoms with E-state index in [1.807, 2.05) is 31.2 Å². The number of ether oxygens (including phenoxy) is 1. The van der Waals surface area contributed by atoms with Gasteiger partial charge in [-0.3, -0.25) is 25.3 Å². The van der Waals surface area contributed by atoms with Crippen LogP contribution in [0.1, 0.15) is 12.0 Å². The van der Waals surface area contributed by atoms with E-state index in [1.165, 1.54) is 0 Å². The molecule has 2 fully saturated rings. The van der Waals surface area contributed by atoms with Crippen molar-refractivity contribution in [1.29, 1.82) is 0 Å². The van der Waals surface area contributed by atoms with Crippen molar-refractivity contribution < 1.29 is 14.3 Å². The molecule has 0 radical (unpaired) electrons. The zero-order valence-electron chi connectivity index (χ0n) is 16.1. The molecule has 3 N–H and O–H groups in total. The van der Waals surface area contributed by atoms with Crippen LogP contribution in [0, 0.1) is 12.8 Å². The molecule has 8 nitrogen and oxygen atoms in total. The SMILES string of the molecule is Cc1ccc(N2C[C@H](C(=O)NNC(=S)NCCN3CCOCC3)CC2=O)cc1. The van der Waals surface area contributed by atoms with Crippen LogP contribution in [-0.2, 0) is 14.3 Å². The van der Waals surface area contributed by atoms with Gasteiger partial charge in [-0.05, 0) is 31.3 Å². The van der Waals surface area contributed by atoms with Gasteiger partial charge in [-0.2, -0.15) is 0 Å². The Morgan fingerprint density at radius 2 is 1.93 bits per heavy atom. The third-order valence-electron chi connectivity index (χ3n) is 4.96. The Hall–Kier alpha value is -2.23. The Bertz CT molecular complexity index is 706. The van der Waals surface area contributed by atoms with Crippen LogP contribution < -0.4 is 21.1 Å². The van der Waals surface area contributed by atoms with Gasteiger partial charge >= 0.3 is 0 Å². The molecular formula is C19H27N5O3S. The van der Waals surface area contributed by atoms with Gasteiger partial charge in [0.1, 0.15) is 0 Å². The minimum atomic E-state index is -0.405. The number of benzene rings is 1. The maximum atomic E-state index is 12.4. The molecule has 2 heterocycles. The molecule has 0 aliphatic carbocycles. The molecule has 0 spiro atoms. The van der Waals surface area contributed by atoms with E-state index in [2.05, 4.69) is 21.1 Å². The summed E-state index contributed by atoms with van der Waals surface area (Å²) in [6.07, 6.45) is 0.193. The molecule has 2 amide bonds. The molecule has 2 saturated heterocycles. The van der Waals surface area contributed by atoms with Crippen LogP contribution in [0.3, 0.4) is 0 Å². The third-order valence-corrected chi connectivity index (χ3v) is 5.20. The lowest BCUT2D eigenvalue weighted by Crippen LogP contribution is -2.50. The van der Waals surface area contributed by atoms with E-state index in [4.69, 9.17) is 17.0 Å². The number of carbonyl (C=O) groups excluding carboxylic acids is 2. The topological polar surface area (TPSA) is 85.9 Å². The predicted molar refractivity (Wildman–Crippen MR) is 111 cm³/mol. The lowest BCUT2D eigenvalue weighted by atomic mass is 10.1. The van der Waals surface area contributed by atoms with Crippen LogP contribution in [0.25, 0.3) is 0 Å². The number of rotatable bonds is 5. The largest absolute Gasteiger partial charge is 0.379 e. The minimum absolute atomic E-state index is 0.0461. The predicted octanol–water partition coefficient (Wildman–Crippen LogP) is 0.175. The molecule has 0 aromatic heterocycles. The Balaban J connectivity index is 1.38. The van der Waals surface area contributed by atoms with Crippen LogP contribution in [0.5, 0.6) is 0 Å². The summed E-state index contributed by atoms with van der Waals surface area (Å²) in [5.41, 5.74) is 7.28. The number of nitrogens with one attached hydrogen (secondary N) is 3. The Morgan fingerprint density at radius 3 is 2.64 bits per heavy atom. The zero-order valence-corrected chi connectivity index (χ0v) is 16.9. The number of hydrogen-bond acceptors (Lipinski definition) is 5. The average molecular weight is 406 g/mol. The summed E-state index contributed by atoms with van der Waals surface area (Å²) >= 11 is 5.19. The van der Waals surface area contributed by atoms with E-state index >= 15 is 0 Å². The molecule has 3 rings (SSSR count). The Kier molecular flexibility index (Phi) is 7.18. The van der Waals surface area contributed by atoms with Gasteiger partial charge in [0.2, 0.25) is 11.8 Å². The van der Waals surface area contributed by atoms with Crippen molar-refractivity contribution in [3.8, 4) is 0 Å². The summed E-state index contributed by atoms with van der Waals surface area (Å²) in [6, 6.07) is 7.72. The minimum Gasteiger partial charge on any atom is -0.379 e. The molecule has 1 atom stereocenters. The summed E-state index contributed by atoms with van der Waals surface area (Å²) in [7, 11) is 0. The van der Waals surface area contributed by atoms with Gasteiger partial charge in [-0.1, -0.05) is 17.7 Å². The second-order valence-corrected chi connectivity index (χ2v) is 7.47. The first-order valence-corrected chi connectivity index (χ1v) is 9.94. The van der Waals surface area contributed by atoms with E-state index in [1.54, 1.807) is 4.90 Å². The van der Waals surface area contributed by atoms with Gasteiger partial charge in [0.15, 0.2) is 5.11 Å². The van der Waals surface area contributed by atoms with Crippen molar-refractivity contribution in [3.05, 3.63) is 29.8 Å². The van der Waals surface area contributed by atoms with Crippen LogP contribution in [0.15, 0.2) is 24.3 Å². The smallest absolute Gasteiger partial charge is 0.243 e. The highest BCUT2D eigenvalue weighted by atomic mass is 32.1. The number of aryl methyl sites for hydroxylation is 1. The lowest BCUT2D eigenvalue weighted by Gasteiger charge is -2.26. The van der Waals surface area contributed by atoms with Gasteiger partial charge in [0.05, 0.1) is 19.1 Å². The lowest BCUT2D eigenvalue weighted by molar-refractivity contribution is -0.126. The number of nitrogens with zero attached hydrogens (tertiary/aromatic N) is 2. The molecule has 1 aromatic rings. The highest BCUT2D eigenvalue weighted by Gasteiger charge is 2.35. The Morgan fingerprint density at radius 1 is 1.21 bits per heavy atom. The second kappa shape index (κ2) is 9.81. The average Bonchev–Trinajstić information content (AvgIpc) is 3.09.